The molecule has 1 unspecified atom stereocenters. The number of halogens is 1. The van der Waals surface area contributed by atoms with E-state index >= 15 is 0 Å². The fourth-order valence-corrected chi connectivity index (χ4v) is 1.41. The van der Waals surface area contributed by atoms with Gasteiger partial charge < -0.3 is 4.74 Å². The Hall–Kier alpha value is -1.64. The smallest absolute Gasteiger partial charge is 0.200 e. The Labute approximate surface area is 94.7 Å². The Balaban J connectivity index is 2.91. The van der Waals surface area contributed by atoms with Crippen LogP contribution in [0.15, 0.2) is 36.9 Å². The van der Waals surface area contributed by atoms with Crippen LogP contribution in [0.1, 0.15) is 23.7 Å². The van der Waals surface area contributed by atoms with Gasteiger partial charge in [0.1, 0.15) is 5.75 Å². The predicted octanol–water partition coefficient (Wildman–Crippen LogP) is 3.18. The van der Waals surface area contributed by atoms with Gasteiger partial charge in [-0.1, -0.05) is 6.08 Å². The predicted molar refractivity (Wildman–Crippen MR) is 61.7 cm³/mol. The molecule has 1 aromatic carbocycles. The number of Topliss-reactive ketones (excluding diaryl/α,β-unsaturated/α-hetero) is 1. The minimum atomic E-state index is -1.89. The van der Waals surface area contributed by atoms with E-state index in [2.05, 4.69) is 6.58 Å². The quantitative estimate of drug-likeness (QED) is 0.565. The van der Waals surface area contributed by atoms with Gasteiger partial charge in [-0.25, -0.2) is 4.39 Å². The Kier molecular flexibility index (Phi) is 3.82. The summed E-state index contributed by atoms with van der Waals surface area (Å²) in [5.74, 6) is 0.107. The first kappa shape index (κ1) is 12.4. The summed E-state index contributed by atoms with van der Waals surface area (Å²) in [4.78, 5) is 11.8. The third-order valence-corrected chi connectivity index (χ3v) is 2.35. The molecule has 0 aromatic heterocycles. The van der Waals surface area contributed by atoms with Crippen LogP contribution in [0.25, 0.3) is 0 Å². The zero-order chi connectivity index (χ0) is 12.2. The molecule has 1 atom stereocenters. The highest BCUT2D eigenvalue weighted by atomic mass is 19.1. The fraction of sp³-hybridized carbons (Fsp3) is 0.308. The number of ketones is 1. The van der Waals surface area contributed by atoms with Crippen LogP contribution in [0, 0.1) is 0 Å². The SMILES string of the molecule is C=CCC(C)(F)C(=O)c1ccc(OC)cc1. The van der Waals surface area contributed by atoms with Crippen molar-refractivity contribution >= 4 is 5.78 Å². The van der Waals surface area contributed by atoms with Gasteiger partial charge in [0.15, 0.2) is 11.5 Å². The second kappa shape index (κ2) is 4.92. The molecule has 0 saturated carbocycles. The van der Waals surface area contributed by atoms with Crippen LogP contribution in [0.3, 0.4) is 0 Å². The van der Waals surface area contributed by atoms with Gasteiger partial charge in [0.2, 0.25) is 0 Å². The molecule has 1 rings (SSSR count). The van der Waals surface area contributed by atoms with Gasteiger partial charge in [-0.3, -0.25) is 4.79 Å². The summed E-state index contributed by atoms with van der Waals surface area (Å²) < 4.78 is 18.9. The summed E-state index contributed by atoms with van der Waals surface area (Å²) in [6.45, 7) is 4.70. The fourth-order valence-electron chi connectivity index (χ4n) is 1.41. The van der Waals surface area contributed by atoms with E-state index in [1.165, 1.54) is 20.1 Å². The number of methoxy groups -OCH3 is 1. The first-order valence-electron chi connectivity index (χ1n) is 5.00. The van der Waals surface area contributed by atoms with E-state index in [0.717, 1.165) is 0 Å². The number of ether oxygens (including phenoxy) is 1. The Morgan fingerprint density at radius 1 is 1.50 bits per heavy atom. The molecule has 0 aliphatic rings. The number of rotatable bonds is 5. The van der Waals surface area contributed by atoms with E-state index in [-0.39, 0.29) is 6.42 Å². The largest absolute Gasteiger partial charge is 0.497 e. The summed E-state index contributed by atoms with van der Waals surface area (Å²) in [5.41, 5.74) is -1.55. The zero-order valence-electron chi connectivity index (χ0n) is 9.50. The number of allylic oxidation sites excluding steroid dienone is 1. The lowest BCUT2D eigenvalue weighted by atomic mass is 9.93. The molecule has 2 nitrogen and oxygen atoms in total. The van der Waals surface area contributed by atoms with Crippen molar-refractivity contribution < 1.29 is 13.9 Å². The van der Waals surface area contributed by atoms with Crippen molar-refractivity contribution in [3.63, 3.8) is 0 Å². The number of carbonyl (C=O) groups excluding carboxylic acids is 1. The van der Waals surface area contributed by atoms with Crippen molar-refractivity contribution in [1.82, 2.24) is 0 Å². The van der Waals surface area contributed by atoms with E-state index in [1.807, 2.05) is 0 Å². The number of benzene rings is 1. The maximum atomic E-state index is 13.9. The van der Waals surface area contributed by atoms with Crippen molar-refractivity contribution in [3.05, 3.63) is 42.5 Å². The summed E-state index contributed by atoms with van der Waals surface area (Å²) in [5, 5.41) is 0. The molecule has 3 heteroatoms. The average molecular weight is 222 g/mol. The van der Waals surface area contributed by atoms with Crippen LogP contribution in [0.4, 0.5) is 4.39 Å². The van der Waals surface area contributed by atoms with E-state index in [1.54, 1.807) is 24.3 Å². The van der Waals surface area contributed by atoms with Crippen molar-refractivity contribution in [2.75, 3.05) is 7.11 Å². The molecule has 0 spiro atoms. The summed E-state index contributed by atoms with van der Waals surface area (Å²) >= 11 is 0. The molecule has 0 radical (unpaired) electrons. The van der Waals surface area contributed by atoms with Crippen LogP contribution in [-0.4, -0.2) is 18.6 Å². The second-order valence-electron chi connectivity index (χ2n) is 3.75. The lowest BCUT2D eigenvalue weighted by Gasteiger charge is -2.16. The van der Waals surface area contributed by atoms with Crippen LogP contribution in [0.2, 0.25) is 0 Å². The lowest BCUT2D eigenvalue weighted by molar-refractivity contribution is 0.0730. The standard InChI is InChI=1S/C13H15FO2/c1-4-9-13(2,14)12(15)10-5-7-11(16-3)8-6-10/h4-8H,1,9H2,2-3H3. The molecule has 0 heterocycles. The topological polar surface area (TPSA) is 26.3 Å². The summed E-state index contributed by atoms with van der Waals surface area (Å²) in [6, 6.07) is 6.39. The summed E-state index contributed by atoms with van der Waals surface area (Å²) in [6.07, 6.45) is 1.42. The first-order valence-corrected chi connectivity index (χ1v) is 5.00. The van der Waals surface area contributed by atoms with E-state index in [4.69, 9.17) is 4.74 Å². The minimum absolute atomic E-state index is 0.0118. The molecule has 86 valence electrons. The highest BCUT2D eigenvalue weighted by Crippen LogP contribution is 2.23. The Morgan fingerprint density at radius 2 is 2.06 bits per heavy atom. The minimum Gasteiger partial charge on any atom is -0.497 e. The monoisotopic (exact) mass is 222 g/mol. The van der Waals surface area contributed by atoms with Gasteiger partial charge in [-0.15, -0.1) is 6.58 Å². The maximum Gasteiger partial charge on any atom is 0.200 e. The van der Waals surface area contributed by atoms with Crippen molar-refractivity contribution in [2.24, 2.45) is 0 Å². The lowest BCUT2D eigenvalue weighted by Crippen LogP contribution is -2.29. The average Bonchev–Trinajstić information content (AvgIpc) is 2.28. The van der Waals surface area contributed by atoms with Crippen molar-refractivity contribution in [3.8, 4) is 5.75 Å². The van der Waals surface area contributed by atoms with Gasteiger partial charge in [0, 0.05) is 12.0 Å². The maximum absolute atomic E-state index is 13.9. The van der Waals surface area contributed by atoms with Gasteiger partial charge in [-0.2, -0.15) is 0 Å². The highest BCUT2D eigenvalue weighted by Gasteiger charge is 2.32. The summed E-state index contributed by atoms with van der Waals surface area (Å²) in [7, 11) is 1.54. The van der Waals surface area contributed by atoms with Crippen LogP contribution >= 0.6 is 0 Å². The highest BCUT2D eigenvalue weighted by molar-refractivity contribution is 6.02. The molecule has 16 heavy (non-hydrogen) atoms. The molecule has 1 aromatic rings. The molecule has 0 saturated heterocycles. The zero-order valence-corrected chi connectivity index (χ0v) is 9.50. The molecule has 0 aliphatic carbocycles. The van der Waals surface area contributed by atoms with Crippen LogP contribution in [0.5, 0.6) is 5.75 Å². The van der Waals surface area contributed by atoms with Crippen molar-refractivity contribution in [2.45, 2.75) is 19.0 Å². The molecule has 0 aliphatic heterocycles. The van der Waals surface area contributed by atoms with E-state index in [9.17, 15) is 9.18 Å². The van der Waals surface area contributed by atoms with Crippen LogP contribution in [-0.2, 0) is 0 Å². The van der Waals surface area contributed by atoms with E-state index < -0.39 is 11.5 Å². The Bertz CT molecular complexity index is 379. The first-order chi connectivity index (χ1) is 7.51. The third kappa shape index (κ3) is 2.69. The molecule has 0 bridgehead atoms. The normalized spacial score (nSPS) is 13.9. The number of hydrogen-bond acceptors (Lipinski definition) is 2. The number of hydrogen-bond donors (Lipinski definition) is 0. The molecule has 0 amide bonds. The molecular weight excluding hydrogens is 207 g/mol. The molecule has 0 N–H and O–H groups in total. The van der Waals surface area contributed by atoms with Crippen LogP contribution < -0.4 is 4.74 Å². The van der Waals surface area contributed by atoms with Crippen molar-refractivity contribution in [1.29, 1.82) is 0 Å². The molecule has 0 fully saturated rings. The number of alkyl halides is 1. The van der Waals surface area contributed by atoms with Gasteiger partial charge in [0.05, 0.1) is 7.11 Å². The number of carbonyl (C=O) groups is 1. The van der Waals surface area contributed by atoms with E-state index in [0.29, 0.717) is 11.3 Å². The Morgan fingerprint density at radius 3 is 2.50 bits per heavy atom. The van der Waals surface area contributed by atoms with Gasteiger partial charge in [-0.05, 0) is 31.2 Å². The second-order valence-corrected chi connectivity index (χ2v) is 3.75. The van der Waals surface area contributed by atoms with Gasteiger partial charge in [0.25, 0.3) is 0 Å². The third-order valence-electron chi connectivity index (χ3n) is 2.35. The molecular formula is C13H15FO2. The van der Waals surface area contributed by atoms with Gasteiger partial charge >= 0.3 is 0 Å².